The number of benzene rings is 1. The minimum absolute atomic E-state index is 0.115. The lowest BCUT2D eigenvalue weighted by Gasteiger charge is -2.15. The van der Waals surface area contributed by atoms with Crippen molar-refractivity contribution in [2.75, 3.05) is 5.32 Å². The molecule has 1 unspecified atom stereocenters. The lowest BCUT2D eigenvalue weighted by Crippen LogP contribution is -2.21. The van der Waals surface area contributed by atoms with Crippen LogP contribution in [-0.2, 0) is 4.79 Å². The van der Waals surface area contributed by atoms with Gasteiger partial charge in [-0.25, -0.2) is 9.97 Å². The van der Waals surface area contributed by atoms with E-state index in [0.29, 0.717) is 6.42 Å². The van der Waals surface area contributed by atoms with Gasteiger partial charge in [-0.1, -0.05) is 60.5 Å². The van der Waals surface area contributed by atoms with E-state index >= 15 is 0 Å². The third-order valence-electron chi connectivity index (χ3n) is 2.92. The van der Waals surface area contributed by atoms with Gasteiger partial charge in [-0.3, -0.25) is 4.79 Å². The van der Waals surface area contributed by atoms with Crippen LogP contribution in [-0.4, -0.2) is 15.9 Å². The summed E-state index contributed by atoms with van der Waals surface area (Å²) in [6, 6.07) is 9.55. The van der Waals surface area contributed by atoms with Gasteiger partial charge in [0.25, 0.3) is 0 Å². The first kappa shape index (κ1) is 14.8. The Labute approximate surface area is 127 Å². The quantitative estimate of drug-likeness (QED) is 0.871. The molecule has 4 nitrogen and oxygen atoms in total. The van der Waals surface area contributed by atoms with Crippen LogP contribution < -0.4 is 5.32 Å². The molecule has 0 spiro atoms. The third-order valence-corrected chi connectivity index (χ3v) is 3.66. The van der Waals surface area contributed by atoms with E-state index in [1.54, 1.807) is 0 Å². The summed E-state index contributed by atoms with van der Waals surface area (Å²) in [5, 5.41) is 2.95. The fraction of sp³-hybridized carbons (Fsp3) is 0.214. The van der Waals surface area contributed by atoms with E-state index in [1.165, 1.54) is 6.33 Å². The summed E-state index contributed by atoms with van der Waals surface area (Å²) in [5.74, 6) is -0.206. The molecule has 1 heterocycles. The Morgan fingerprint density at radius 3 is 2.60 bits per heavy atom. The van der Waals surface area contributed by atoms with Crippen molar-refractivity contribution in [3.8, 4) is 0 Å². The van der Waals surface area contributed by atoms with Crippen LogP contribution in [0.3, 0.4) is 0 Å². The highest BCUT2D eigenvalue weighted by Gasteiger charge is 2.20. The molecule has 0 aliphatic carbocycles. The minimum Gasteiger partial charge on any atom is -0.309 e. The van der Waals surface area contributed by atoms with Crippen molar-refractivity contribution in [3.63, 3.8) is 0 Å². The summed E-state index contributed by atoms with van der Waals surface area (Å²) in [7, 11) is 0. The summed E-state index contributed by atoms with van der Waals surface area (Å²) in [5.41, 5.74) is 0.948. The van der Waals surface area contributed by atoms with Crippen LogP contribution in [0.5, 0.6) is 0 Å². The normalized spacial score (nSPS) is 11.9. The van der Waals surface area contributed by atoms with Crippen LogP contribution in [0.4, 0.5) is 5.82 Å². The lowest BCUT2D eigenvalue weighted by atomic mass is 9.96. The van der Waals surface area contributed by atoms with Crippen molar-refractivity contribution >= 4 is 34.9 Å². The number of carbonyl (C=O) groups is 1. The molecule has 0 bridgehead atoms. The van der Waals surface area contributed by atoms with Crippen LogP contribution in [0.1, 0.15) is 24.8 Å². The van der Waals surface area contributed by atoms with Crippen molar-refractivity contribution in [2.24, 2.45) is 0 Å². The van der Waals surface area contributed by atoms with Gasteiger partial charge >= 0.3 is 0 Å². The molecular weight excluding hydrogens is 297 g/mol. The summed E-state index contributed by atoms with van der Waals surface area (Å²) < 4.78 is 0. The molecule has 0 aliphatic heterocycles. The van der Waals surface area contributed by atoms with E-state index in [1.807, 2.05) is 37.3 Å². The first-order chi connectivity index (χ1) is 9.63. The monoisotopic (exact) mass is 309 g/mol. The van der Waals surface area contributed by atoms with Crippen molar-refractivity contribution in [3.05, 3.63) is 52.4 Å². The maximum absolute atomic E-state index is 12.3. The Bertz CT molecular complexity index is 605. The zero-order valence-electron chi connectivity index (χ0n) is 10.8. The summed E-state index contributed by atoms with van der Waals surface area (Å²) in [6.45, 7) is 1.95. The van der Waals surface area contributed by atoms with E-state index in [2.05, 4.69) is 15.3 Å². The molecule has 0 aliphatic rings. The first-order valence-corrected chi connectivity index (χ1v) is 6.91. The number of halogens is 2. The Balaban J connectivity index is 2.20. The van der Waals surface area contributed by atoms with Crippen LogP contribution in [0.15, 0.2) is 36.7 Å². The third kappa shape index (κ3) is 3.26. The second kappa shape index (κ2) is 6.68. The van der Waals surface area contributed by atoms with Crippen molar-refractivity contribution in [1.29, 1.82) is 0 Å². The van der Waals surface area contributed by atoms with Crippen LogP contribution in [0, 0.1) is 0 Å². The summed E-state index contributed by atoms with van der Waals surface area (Å²) in [4.78, 5) is 20.0. The fourth-order valence-corrected chi connectivity index (χ4v) is 2.18. The number of amides is 1. The number of aromatic nitrogens is 2. The average molecular weight is 310 g/mol. The number of hydrogen-bond donors (Lipinski definition) is 1. The van der Waals surface area contributed by atoms with Gasteiger partial charge in [0.2, 0.25) is 5.91 Å². The fourth-order valence-electron chi connectivity index (χ4n) is 1.90. The molecule has 104 valence electrons. The highest BCUT2D eigenvalue weighted by atomic mass is 35.5. The molecule has 20 heavy (non-hydrogen) atoms. The van der Waals surface area contributed by atoms with Crippen LogP contribution in [0.2, 0.25) is 10.2 Å². The first-order valence-electron chi connectivity index (χ1n) is 6.15. The molecular formula is C14H13Cl2N3O. The molecule has 1 atom stereocenters. The van der Waals surface area contributed by atoms with Crippen LogP contribution in [0.25, 0.3) is 0 Å². The SMILES string of the molecule is CCC(C(=O)Nc1ncnc(Cl)c1Cl)c1ccccc1. The van der Waals surface area contributed by atoms with Crippen LogP contribution >= 0.6 is 23.2 Å². The molecule has 0 fully saturated rings. The predicted octanol–water partition coefficient (Wildman–Crippen LogP) is 3.92. The van der Waals surface area contributed by atoms with E-state index in [0.717, 1.165) is 5.56 Å². The highest BCUT2D eigenvalue weighted by Crippen LogP contribution is 2.27. The van der Waals surface area contributed by atoms with Crippen molar-refractivity contribution in [2.45, 2.75) is 19.3 Å². The number of anilines is 1. The second-order valence-electron chi connectivity index (χ2n) is 4.19. The van der Waals surface area contributed by atoms with E-state index in [9.17, 15) is 4.79 Å². The molecule has 0 saturated heterocycles. The van der Waals surface area contributed by atoms with Gasteiger partial charge in [-0.05, 0) is 12.0 Å². The van der Waals surface area contributed by atoms with Crippen molar-refractivity contribution in [1.82, 2.24) is 9.97 Å². The van der Waals surface area contributed by atoms with E-state index < -0.39 is 0 Å². The molecule has 1 N–H and O–H groups in total. The largest absolute Gasteiger partial charge is 0.309 e. The zero-order valence-corrected chi connectivity index (χ0v) is 12.3. The van der Waals surface area contributed by atoms with E-state index in [-0.39, 0.29) is 27.8 Å². The van der Waals surface area contributed by atoms with Gasteiger partial charge in [0.05, 0.1) is 5.92 Å². The predicted molar refractivity (Wildman–Crippen MR) is 80.2 cm³/mol. The van der Waals surface area contributed by atoms with Crippen molar-refractivity contribution < 1.29 is 4.79 Å². The van der Waals surface area contributed by atoms with E-state index in [4.69, 9.17) is 23.2 Å². The minimum atomic E-state index is -0.263. The number of hydrogen-bond acceptors (Lipinski definition) is 3. The number of rotatable bonds is 4. The molecule has 0 saturated carbocycles. The van der Waals surface area contributed by atoms with Gasteiger partial charge in [0.15, 0.2) is 11.0 Å². The Hall–Kier alpha value is -1.65. The number of nitrogens with zero attached hydrogens (tertiary/aromatic N) is 2. The maximum Gasteiger partial charge on any atom is 0.233 e. The van der Waals surface area contributed by atoms with Gasteiger partial charge in [-0.2, -0.15) is 0 Å². The Morgan fingerprint density at radius 2 is 1.95 bits per heavy atom. The second-order valence-corrected chi connectivity index (χ2v) is 4.92. The maximum atomic E-state index is 12.3. The lowest BCUT2D eigenvalue weighted by molar-refractivity contribution is -0.117. The molecule has 1 amide bonds. The van der Waals surface area contributed by atoms with Gasteiger partial charge in [-0.15, -0.1) is 0 Å². The summed E-state index contributed by atoms with van der Waals surface area (Å²) >= 11 is 11.8. The molecule has 1 aromatic carbocycles. The molecule has 6 heteroatoms. The highest BCUT2D eigenvalue weighted by molar-refractivity contribution is 6.42. The topological polar surface area (TPSA) is 54.9 Å². The summed E-state index contributed by atoms with van der Waals surface area (Å²) in [6.07, 6.45) is 1.93. The Kier molecular flexibility index (Phi) is 4.93. The molecule has 2 aromatic rings. The van der Waals surface area contributed by atoms with Gasteiger partial charge < -0.3 is 5.32 Å². The zero-order chi connectivity index (χ0) is 14.5. The molecule has 1 aromatic heterocycles. The molecule has 0 radical (unpaired) electrons. The smallest absolute Gasteiger partial charge is 0.233 e. The Morgan fingerprint density at radius 1 is 1.25 bits per heavy atom. The number of nitrogens with one attached hydrogen (secondary N) is 1. The van der Waals surface area contributed by atoms with Gasteiger partial charge in [0.1, 0.15) is 11.3 Å². The standard InChI is InChI=1S/C14H13Cl2N3O/c1-2-10(9-6-4-3-5-7-9)14(20)19-13-11(15)12(16)17-8-18-13/h3-8,10H,2H2,1H3,(H,17,18,19,20). The van der Waals surface area contributed by atoms with Gasteiger partial charge in [0, 0.05) is 0 Å². The molecule has 2 rings (SSSR count). The average Bonchev–Trinajstić information content (AvgIpc) is 2.46. The number of carbonyl (C=O) groups excluding carboxylic acids is 1.